The van der Waals surface area contributed by atoms with Gasteiger partial charge in [0.1, 0.15) is 0 Å². The number of nitriles is 1. The van der Waals surface area contributed by atoms with Gasteiger partial charge in [-0.1, -0.05) is 12.1 Å². The molecule has 0 aromatic heterocycles. The third-order valence-corrected chi connectivity index (χ3v) is 1.65. The Morgan fingerprint density at radius 2 is 2.29 bits per heavy atom. The summed E-state index contributed by atoms with van der Waals surface area (Å²) in [6.45, 7) is 1.99. The van der Waals surface area contributed by atoms with Crippen molar-refractivity contribution in [2.75, 3.05) is 5.32 Å². The molecular formula is C9H10N3NaS. The molecule has 0 atom stereocenters. The van der Waals surface area contributed by atoms with Gasteiger partial charge in [0.15, 0.2) is 11.3 Å². The van der Waals surface area contributed by atoms with Gasteiger partial charge in [0.2, 0.25) is 0 Å². The van der Waals surface area contributed by atoms with Crippen LogP contribution in [0.3, 0.4) is 0 Å². The van der Waals surface area contributed by atoms with Crippen LogP contribution in [0, 0.1) is 18.4 Å². The fourth-order valence-corrected chi connectivity index (χ4v) is 1.10. The van der Waals surface area contributed by atoms with E-state index < -0.39 is 0 Å². The van der Waals surface area contributed by atoms with Crippen molar-refractivity contribution in [1.82, 2.24) is 5.32 Å². The van der Waals surface area contributed by atoms with E-state index in [0.717, 1.165) is 11.3 Å². The van der Waals surface area contributed by atoms with E-state index in [1.165, 1.54) is 0 Å². The Morgan fingerprint density at radius 1 is 1.57 bits per heavy atom. The molecule has 14 heavy (non-hydrogen) atoms. The Kier molecular flexibility index (Phi) is 6.50. The molecule has 1 rings (SSSR count). The van der Waals surface area contributed by atoms with Crippen molar-refractivity contribution >= 4 is 23.0 Å². The molecule has 0 aliphatic heterocycles. The summed E-state index contributed by atoms with van der Waals surface area (Å²) in [6, 6.07) is 7.75. The Balaban J connectivity index is 0. The van der Waals surface area contributed by atoms with Gasteiger partial charge in [-0.15, -0.1) is 0 Å². The maximum absolute atomic E-state index is 8.28. The van der Waals surface area contributed by atoms with Crippen LogP contribution in [0.1, 0.15) is 6.99 Å². The summed E-state index contributed by atoms with van der Waals surface area (Å²) in [5.74, 6) is 0. The van der Waals surface area contributed by atoms with Crippen LogP contribution >= 0.6 is 12.2 Å². The summed E-state index contributed by atoms with van der Waals surface area (Å²) in [4.78, 5) is 0. The Morgan fingerprint density at radius 3 is 2.86 bits per heavy atom. The molecule has 0 spiro atoms. The van der Waals surface area contributed by atoms with Crippen molar-refractivity contribution in [2.45, 2.75) is 6.92 Å². The molecule has 0 amide bonds. The smallest absolute Gasteiger partial charge is 1.00 e. The molecule has 1 aromatic rings. The number of nitrogens with one attached hydrogen (secondary N) is 2. The van der Waals surface area contributed by atoms with Gasteiger partial charge in [0.25, 0.3) is 0 Å². The van der Waals surface area contributed by atoms with E-state index in [1.807, 2.05) is 31.2 Å². The molecule has 0 fully saturated rings. The van der Waals surface area contributed by atoms with Gasteiger partial charge < -0.3 is 6.74 Å². The number of anilines is 1. The third kappa shape index (κ3) is 4.58. The van der Waals surface area contributed by atoms with Crippen molar-refractivity contribution < 1.29 is 31.0 Å². The first-order valence-corrected chi connectivity index (χ1v) is 4.16. The van der Waals surface area contributed by atoms with E-state index in [1.54, 1.807) is 6.19 Å². The molecule has 3 nitrogen and oxygen atoms in total. The summed E-state index contributed by atoms with van der Waals surface area (Å²) < 4.78 is 0. The molecule has 0 unspecified atom stereocenters. The van der Waals surface area contributed by atoms with Crippen LogP contribution in [0.2, 0.25) is 0 Å². The second-order valence-electron chi connectivity index (χ2n) is 2.56. The molecular weight excluding hydrogens is 205 g/mol. The second kappa shape index (κ2) is 6.80. The summed E-state index contributed by atoms with van der Waals surface area (Å²) >= 11 is 4.83. The fraction of sp³-hybridized carbons (Fsp3) is 0.111. The zero-order valence-electron chi connectivity index (χ0n) is 9.16. The zero-order chi connectivity index (χ0) is 9.68. The van der Waals surface area contributed by atoms with Crippen molar-refractivity contribution in [3.05, 3.63) is 29.8 Å². The number of nitrogens with zero attached hydrogens (tertiary/aromatic N) is 1. The maximum Gasteiger partial charge on any atom is 1.00 e. The van der Waals surface area contributed by atoms with Crippen LogP contribution in [0.4, 0.5) is 5.69 Å². The Labute approximate surface area is 112 Å². The van der Waals surface area contributed by atoms with E-state index in [9.17, 15) is 0 Å². The fourth-order valence-electron chi connectivity index (χ4n) is 0.936. The van der Waals surface area contributed by atoms with E-state index >= 15 is 0 Å². The number of hydrogen-bond acceptors (Lipinski definition) is 2. The molecule has 68 valence electrons. The van der Waals surface area contributed by atoms with E-state index in [-0.39, 0.29) is 31.0 Å². The van der Waals surface area contributed by atoms with Gasteiger partial charge >= 0.3 is 29.6 Å². The Bertz CT molecular complexity index is 365. The predicted molar refractivity (Wildman–Crippen MR) is 57.3 cm³/mol. The van der Waals surface area contributed by atoms with Crippen LogP contribution in [-0.2, 0) is 0 Å². The average Bonchev–Trinajstić information content (AvgIpc) is 2.04. The van der Waals surface area contributed by atoms with Crippen molar-refractivity contribution in [1.29, 1.82) is 5.26 Å². The number of benzene rings is 1. The first kappa shape index (κ1) is 13.4. The van der Waals surface area contributed by atoms with Crippen molar-refractivity contribution in [3.8, 4) is 6.19 Å². The average molecular weight is 215 g/mol. The molecule has 2 N–H and O–H groups in total. The van der Waals surface area contributed by atoms with Gasteiger partial charge in [-0.05, 0) is 36.8 Å². The molecule has 0 radical (unpaired) electrons. The largest absolute Gasteiger partial charge is 1.00 e. The van der Waals surface area contributed by atoms with Gasteiger partial charge in [0, 0.05) is 5.69 Å². The minimum atomic E-state index is 0. The zero-order valence-corrected chi connectivity index (χ0v) is 11.0. The number of thiocarbonyl (C=S) groups is 1. The van der Waals surface area contributed by atoms with Crippen LogP contribution < -0.4 is 40.2 Å². The van der Waals surface area contributed by atoms with Crippen LogP contribution in [0.5, 0.6) is 0 Å². The number of aryl methyl sites for hydroxylation is 1. The first-order chi connectivity index (χ1) is 6.22. The van der Waals surface area contributed by atoms with E-state index in [2.05, 4.69) is 10.6 Å². The van der Waals surface area contributed by atoms with Crippen molar-refractivity contribution in [3.63, 3.8) is 0 Å². The molecule has 0 aliphatic carbocycles. The topological polar surface area (TPSA) is 47.8 Å². The molecule has 0 heterocycles. The molecule has 5 heteroatoms. The third-order valence-electron chi connectivity index (χ3n) is 1.45. The van der Waals surface area contributed by atoms with Crippen LogP contribution in [0.25, 0.3) is 0 Å². The van der Waals surface area contributed by atoms with Crippen LogP contribution in [-0.4, -0.2) is 5.11 Å². The van der Waals surface area contributed by atoms with Gasteiger partial charge in [-0.3, -0.25) is 5.32 Å². The molecule has 0 saturated carbocycles. The van der Waals surface area contributed by atoms with Gasteiger partial charge in [0.05, 0.1) is 0 Å². The number of rotatable bonds is 1. The summed E-state index contributed by atoms with van der Waals surface area (Å²) in [7, 11) is 0. The van der Waals surface area contributed by atoms with Gasteiger partial charge in [-0.2, -0.15) is 5.26 Å². The normalized spacial score (nSPS) is 8.00. The quantitative estimate of drug-likeness (QED) is 0.270. The first-order valence-electron chi connectivity index (χ1n) is 3.75. The molecule has 0 bridgehead atoms. The van der Waals surface area contributed by atoms with E-state index in [0.29, 0.717) is 5.11 Å². The SMILES string of the molecule is Cc1cccc(NC(=S)NC#N)c1.[H-].[Na+]. The van der Waals surface area contributed by atoms with E-state index in [4.69, 9.17) is 17.5 Å². The molecule has 1 aromatic carbocycles. The minimum Gasteiger partial charge on any atom is -1.00 e. The van der Waals surface area contributed by atoms with Crippen LogP contribution in [0.15, 0.2) is 24.3 Å². The molecule has 0 saturated heterocycles. The monoisotopic (exact) mass is 215 g/mol. The maximum atomic E-state index is 8.28. The standard InChI is InChI=1S/C9H9N3S.Na.H/c1-7-3-2-4-8(5-7)12-9(13)11-6-10;;/h2-5H,1H3,(H2,11,12,13);;/q;+1;-1. The Hall–Kier alpha value is -0.600. The summed E-state index contributed by atoms with van der Waals surface area (Å²) in [5.41, 5.74) is 2.03. The number of hydrogen-bond donors (Lipinski definition) is 2. The predicted octanol–water partition coefficient (Wildman–Crippen LogP) is -1.12. The van der Waals surface area contributed by atoms with Gasteiger partial charge in [-0.25, -0.2) is 0 Å². The second-order valence-corrected chi connectivity index (χ2v) is 2.97. The summed E-state index contributed by atoms with van der Waals surface area (Å²) in [5, 5.41) is 13.8. The van der Waals surface area contributed by atoms with Crippen molar-refractivity contribution in [2.24, 2.45) is 0 Å². The molecule has 0 aliphatic rings. The minimum absolute atomic E-state index is 0. The summed E-state index contributed by atoms with van der Waals surface area (Å²) in [6.07, 6.45) is 1.75.